The van der Waals surface area contributed by atoms with E-state index in [9.17, 15) is 29.7 Å². The first-order valence-electron chi connectivity index (χ1n) is 13.9. The van der Waals surface area contributed by atoms with E-state index in [4.69, 9.17) is 11.5 Å². The number of hydrogen-bond acceptors (Lipinski definition) is 9. The van der Waals surface area contributed by atoms with E-state index in [-0.39, 0.29) is 43.3 Å². The number of aromatic hydroxyl groups is 2. The number of amides is 3. The number of benzene rings is 2. The standard InChI is InChI=1S/C29H40N6O6/c1-35-24(28(40)33-20-6-8-32-9-7-20)13-19-11-17(3-5-26(19)38)16-2-4-25(37)18(10-16)12-22(31)27(39)34-23(29(35)41)14-21(36)15-30/h2-5,10-11,20-24,32,36-38H,6-9,12-15,30-31H2,1H3,(H,33,40)(H,34,39)/t21-,22-,23+,24+/m0/s1. The van der Waals surface area contributed by atoms with Crippen LogP contribution >= 0.6 is 0 Å². The highest BCUT2D eigenvalue weighted by Crippen LogP contribution is 2.31. The number of carbonyl (C=O) groups is 3. The molecule has 2 aliphatic rings. The Morgan fingerprint density at radius 2 is 1.63 bits per heavy atom. The lowest BCUT2D eigenvalue weighted by Crippen LogP contribution is -2.58. The van der Waals surface area contributed by atoms with Crippen molar-refractivity contribution in [3.05, 3.63) is 47.5 Å². The van der Waals surface area contributed by atoms with Crippen LogP contribution in [0.2, 0.25) is 0 Å². The van der Waals surface area contributed by atoms with Gasteiger partial charge in [-0.05, 0) is 72.5 Å². The molecule has 0 unspecified atom stereocenters. The van der Waals surface area contributed by atoms with E-state index < -0.39 is 42.0 Å². The normalized spacial score (nSPS) is 23.2. The number of phenolic OH excluding ortho intramolecular Hbond substituents is 2. The number of rotatable bonds is 5. The molecule has 12 heteroatoms. The Bertz CT molecular complexity index is 1270. The molecule has 2 aromatic rings. The summed E-state index contributed by atoms with van der Waals surface area (Å²) in [6, 6.07) is 6.45. The summed E-state index contributed by atoms with van der Waals surface area (Å²) in [6.45, 7) is 1.37. The number of nitrogens with zero attached hydrogens (tertiary/aromatic N) is 1. The van der Waals surface area contributed by atoms with E-state index in [0.29, 0.717) is 22.3 Å². The summed E-state index contributed by atoms with van der Waals surface area (Å²) >= 11 is 0. The molecule has 0 aromatic heterocycles. The van der Waals surface area contributed by atoms with Gasteiger partial charge in [-0.1, -0.05) is 12.1 Å². The van der Waals surface area contributed by atoms with Gasteiger partial charge in [0.1, 0.15) is 23.6 Å². The van der Waals surface area contributed by atoms with Crippen molar-refractivity contribution in [1.29, 1.82) is 0 Å². The highest BCUT2D eigenvalue weighted by Gasteiger charge is 2.35. The lowest BCUT2D eigenvalue weighted by molar-refractivity contribution is -0.142. The lowest BCUT2D eigenvalue weighted by Gasteiger charge is -2.33. The maximum Gasteiger partial charge on any atom is 0.245 e. The Labute approximate surface area is 239 Å². The van der Waals surface area contributed by atoms with Gasteiger partial charge in [0.25, 0.3) is 0 Å². The topological polar surface area (TPSA) is 203 Å². The van der Waals surface area contributed by atoms with Gasteiger partial charge in [0.05, 0.1) is 12.1 Å². The summed E-state index contributed by atoms with van der Waals surface area (Å²) in [6.07, 6.45) is 0.150. The summed E-state index contributed by atoms with van der Waals surface area (Å²) in [5.41, 5.74) is 14.1. The zero-order valence-corrected chi connectivity index (χ0v) is 23.2. The van der Waals surface area contributed by atoms with E-state index in [0.717, 1.165) is 25.9 Å². The second kappa shape index (κ2) is 13.3. The number of piperidine rings is 1. The molecule has 2 aromatic carbocycles. The number of aliphatic hydroxyl groups is 1. The second-order valence-corrected chi connectivity index (χ2v) is 10.9. The highest BCUT2D eigenvalue weighted by atomic mass is 16.3. The third-order valence-electron chi connectivity index (χ3n) is 7.88. The molecule has 1 saturated heterocycles. The highest BCUT2D eigenvalue weighted by molar-refractivity contribution is 5.93. The molecule has 222 valence electrons. The number of nitrogens with one attached hydrogen (secondary N) is 3. The van der Waals surface area contributed by atoms with E-state index in [1.54, 1.807) is 24.3 Å². The van der Waals surface area contributed by atoms with Crippen molar-refractivity contribution in [2.75, 3.05) is 26.7 Å². The molecule has 41 heavy (non-hydrogen) atoms. The monoisotopic (exact) mass is 568 g/mol. The van der Waals surface area contributed by atoms with Gasteiger partial charge >= 0.3 is 0 Å². The Balaban J connectivity index is 1.78. The minimum Gasteiger partial charge on any atom is -0.508 e. The van der Waals surface area contributed by atoms with E-state index >= 15 is 0 Å². The predicted octanol–water partition coefficient (Wildman–Crippen LogP) is -0.920. The van der Waals surface area contributed by atoms with Crippen molar-refractivity contribution in [1.82, 2.24) is 20.9 Å². The van der Waals surface area contributed by atoms with Gasteiger partial charge in [0.2, 0.25) is 17.7 Å². The van der Waals surface area contributed by atoms with Crippen LogP contribution in [-0.4, -0.2) is 94.9 Å². The van der Waals surface area contributed by atoms with Crippen molar-refractivity contribution in [2.24, 2.45) is 11.5 Å². The van der Waals surface area contributed by atoms with Gasteiger partial charge in [-0.3, -0.25) is 14.4 Å². The number of fused-ring (bicyclic) bond motifs is 5. The summed E-state index contributed by atoms with van der Waals surface area (Å²) in [5.74, 6) is -1.74. The molecule has 0 radical (unpaired) electrons. The van der Waals surface area contributed by atoms with Crippen LogP contribution in [0.5, 0.6) is 11.5 Å². The fourth-order valence-corrected chi connectivity index (χ4v) is 5.33. The molecule has 2 heterocycles. The van der Waals surface area contributed by atoms with Crippen LogP contribution in [-0.2, 0) is 27.2 Å². The van der Waals surface area contributed by atoms with Crippen LogP contribution in [0.4, 0.5) is 0 Å². The molecule has 0 spiro atoms. The third-order valence-corrected chi connectivity index (χ3v) is 7.88. The van der Waals surface area contributed by atoms with Gasteiger partial charge in [0, 0.05) is 38.9 Å². The smallest absolute Gasteiger partial charge is 0.245 e. The average Bonchev–Trinajstić information content (AvgIpc) is 2.96. The third kappa shape index (κ3) is 7.33. The molecule has 4 rings (SSSR count). The molecule has 12 nitrogen and oxygen atoms in total. The fraction of sp³-hybridized carbons (Fsp3) is 0.483. The van der Waals surface area contributed by atoms with Crippen LogP contribution in [0.25, 0.3) is 11.1 Å². The van der Waals surface area contributed by atoms with Crippen molar-refractivity contribution in [3.8, 4) is 22.6 Å². The molecule has 0 saturated carbocycles. The van der Waals surface area contributed by atoms with E-state index in [1.807, 2.05) is 0 Å². The Hall–Kier alpha value is -3.71. The number of carbonyl (C=O) groups excluding carboxylic acids is 3. The first-order valence-corrected chi connectivity index (χ1v) is 13.9. The molecular weight excluding hydrogens is 528 g/mol. The molecule has 0 aliphatic carbocycles. The lowest BCUT2D eigenvalue weighted by atomic mass is 9.95. The number of hydrogen-bond donors (Lipinski definition) is 8. The first-order chi connectivity index (χ1) is 19.6. The van der Waals surface area contributed by atoms with Crippen LogP contribution < -0.4 is 27.4 Å². The zero-order chi connectivity index (χ0) is 29.7. The fourth-order valence-electron chi connectivity index (χ4n) is 5.33. The average molecular weight is 569 g/mol. The SMILES string of the molecule is CN1C(=O)[C@@H](C[C@H](O)CN)NC(=O)[C@@H](N)Cc2cc(ccc2O)-c2ccc(O)c(c2)C[C@@H]1C(=O)NC1CCNCC1. The number of nitrogens with two attached hydrogens (primary N) is 2. The minimum atomic E-state index is -1.23. The largest absolute Gasteiger partial charge is 0.508 e. The van der Waals surface area contributed by atoms with Crippen molar-refractivity contribution in [3.63, 3.8) is 0 Å². The van der Waals surface area contributed by atoms with Crippen molar-refractivity contribution >= 4 is 17.7 Å². The molecular formula is C29H40N6O6. The van der Waals surface area contributed by atoms with Crippen LogP contribution in [0.15, 0.2) is 36.4 Å². The summed E-state index contributed by atoms with van der Waals surface area (Å²) in [5, 5.41) is 40.5. The second-order valence-electron chi connectivity index (χ2n) is 10.9. The van der Waals surface area contributed by atoms with Crippen molar-refractivity contribution in [2.45, 2.75) is 62.4 Å². The predicted molar refractivity (Wildman–Crippen MR) is 153 cm³/mol. The maximum atomic E-state index is 13.8. The van der Waals surface area contributed by atoms with Gasteiger partial charge < -0.3 is 47.6 Å². The Kier molecular flexibility index (Phi) is 9.81. The Morgan fingerprint density at radius 1 is 1.05 bits per heavy atom. The van der Waals surface area contributed by atoms with Crippen LogP contribution in [0.3, 0.4) is 0 Å². The molecule has 4 atom stereocenters. The summed E-state index contributed by atoms with van der Waals surface area (Å²) in [7, 11) is 1.46. The minimum absolute atomic E-state index is 0.0106. The van der Waals surface area contributed by atoms with Crippen molar-refractivity contribution < 1.29 is 29.7 Å². The quantitative estimate of drug-likeness (QED) is 0.224. The molecule has 3 amide bonds. The first kappa shape index (κ1) is 30.3. The maximum absolute atomic E-state index is 13.8. The van der Waals surface area contributed by atoms with Crippen LogP contribution in [0, 0.1) is 0 Å². The number of likely N-dealkylation sites (N-methyl/N-ethyl adjacent to an activating group) is 1. The molecule has 2 aliphatic heterocycles. The van der Waals surface area contributed by atoms with Crippen LogP contribution in [0.1, 0.15) is 30.4 Å². The number of phenols is 2. The molecule has 10 N–H and O–H groups in total. The van der Waals surface area contributed by atoms with Gasteiger partial charge in [-0.2, -0.15) is 0 Å². The Morgan fingerprint density at radius 3 is 2.22 bits per heavy atom. The summed E-state index contributed by atoms with van der Waals surface area (Å²) < 4.78 is 0. The molecule has 4 bridgehead atoms. The number of aliphatic hydroxyl groups excluding tert-OH is 1. The van der Waals surface area contributed by atoms with Gasteiger partial charge in [0.15, 0.2) is 0 Å². The van der Waals surface area contributed by atoms with E-state index in [1.165, 1.54) is 24.1 Å². The van der Waals surface area contributed by atoms with E-state index in [2.05, 4.69) is 16.0 Å². The zero-order valence-electron chi connectivity index (χ0n) is 23.2. The van der Waals surface area contributed by atoms with Gasteiger partial charge in [-0.15, -0.1) is 0 Å². The summed E-state index contributed by atoms with van der Waals surface area (Å²) in [4.78, 5) is 41.9. The molecule has 1 fully saturated rings. The van der Waals surface area contributed by atoms with Gasteiger partial charge in [-0.25, -0.2) is 0 Å².